The molecule has 0 aliphatic rings. The minimum atomic E-state index is 0.497. The molecule has 92 valence electrons. The Morgan fingerprint density at radius 3 is 3.12 bits per heavy atom. The number of hydrogen-bond donors (Lipinski definition) is 1. The Morgan fingerprint density at radius 1 is 1.47 bits per heavy atom. The Morgan fingerprint density at radius 2 is 2.35 bits per heavy atom. The minimum absolute atomic E-state index is 0.497. The number of thiazole rings is 1. The Labute approximate surface area is 108 Å². The van der Waals surface area contributed by atoms with Crippen LogP contribution in [0.25, 0.3) is 11.6 Å². The van der Waals surface area contributed by atoms with E-state index in [-0.39, 0.29) is 0 Å². The number of nitrogens with zero attached hydrogens (tertiary/aromatic N) is 3. The monoisotopic (exact) mass is 270 g/mol. The van der Waals surface area contributed by atoms with E-state index in [1.165, 1.54) is 0 Å². The molecule has 2 N–H and O–H groups in total. The predicted octanol–water partition coefficient (Wildman–Crippen LogP) is 1.95. The largest absolute Gasteiger partial charge is 0.332 e. The van der Waals surface area contributed by atoms with Gasteiger partial charge in [-0.05, 0) is 12.3 Å². The molecule has 2 rings (SSSR count). The van der Waals surface area contributed by atoms with Gasteiger partial charge < -0.3 is 10.3 Å². The first-order valence-electron chi connectivity index (χ1n) is 5.38. The summed E-state index contributed by atoms with van der Waals surface area (Å²) in [6, 6.07) is 0. The molecule has 17 heavy (non-hydrogen) atoms. The van der Waals surface area contributed by atoms with Gasteiger partial charge in [0.25, 0.3) is 5.89 Å². The maximum atomic E-state index is 5.48. The standard InChI is InChI=1S/C10H14N4OS2/c1-2-16-6-8-13-10(15-14-8)7-5-17-9(12-7)3-4-11/h5H,2-4,6,11H2,1H3. The van der Waals surface area contributed by atoms with Gasteiger partial charge in [0, 0.05) is 11.8 Å². The zero-order valence-electron chi connectivity index (χ0n) is 9.55. The van der Waals surface area contributed by atoms with E-state index in [0.717, 1.165) is 34.5 Å². The van der Waals surface area contributed by atoms with Crippen molar-refractivity contribution in [3.63, 3.8) is 0 Å². The Kier molecular flexibility index (Phi) is 4.52. The molecule has 7 heteroatoms. The SMILES string of the molecule is CCSCc1noc(-c2csc(CCN)n2)n1. The van der Waals surface area contributed by atoms with Gasteiger partial charge in [0.15, 0.2) is 5.82 Å². The van der Waals surface area contributed by atoms with Crippen LogP contribution in [0.5, 0.6) is 0 Å². The van der Waals surface area contributed by atoms with Crippen LogP contribution in [0.4, 0.5) is 0 Å². The van der Waals surface area contributed by atoms with Crippen LogP contribution < -0.4 is 5.73 Å². The average Bonchev–Trinajstić information content (AvgIpc) is 2.95. The van der Waals surface area contributed by atoms with Crippen molar-refractivity contribution in [3.8, 4) is 11.6 Å². The average molecular weight is 270 g/mol. The van der Waals surface area contributed by atoms with Crippen LogP contribution in [0.2, 0.25) is 0 Å². The molecular weight excluding hydrogens is 256 g/mol. The van der Waals surface area contributed by atoms with E-state index in [4.69, 9.17) is 10.3 Å². The van der Waals surface area contributed by atoms with Crippen molar-refractivity contribution in [1.82, 2.24) is 15.1 Å². The Hall–Kier alpha value is -0.920. The molecule has 0 saturated carbocycles. The van der Waals surface area contributed by atoms with Crippen LogP contribution in [-0.2, 0) is 12.2 Å². The molecule has 0 spiro atoms. The first kappa shape index (κ1) is 12.5. The Bertz CT molecular complexity index is 468. The lowest BCUT2D eigenvalue weighted by atomic mass is 10.4. The van der Waals surface area contributed by atoms with Crippen molar-refractivity contribution in [1.29, 1.82) is 0 Å². The fourth-order valence-corrected chi connectivity index (χ4v) is 2.55. The summed E-state index contributed by atoms with van der Waals surface area (Å²) in [4.78, 5) is 8.71. The first-order chi connectivity index (χ1) is 8.33. The van der Waals surface area contributed by atoms with Crippen molar-refractivity contribution in [3.05, 3.63) is 16.2 Å². The summed E-state index contributed by atoms with van der Waals surface area (Å²) in [6.07, 6.45) is 0.789. The highest BCUT2D eigenvalue weighted by Crippen LogP contribution is 2.21. The molecule has 0 amide bonds. The lowest BCUT2D eigenvalue weighted by molar-refractivity contribution is 0.424. The molecule has 0 aromatic carbocycles. The highest BCUT2D eigenvalue weighted by atomic mass is 32.2. The summed E-state index contributed by atoms with van der Waals surface area (Å²) in [5.41, 5.74) is 6.23. The summed E-state index contributed by atoms with van der Waals surface area (Å²) < 4.78 is 5.18. The summed E-state index contributed by atoms with van der Waals surface area (Å²) in [5, 5.41) is 6.85. The molecular formula is C10H14N4OS2. The molecule has 0 saturated heterocycles. The van der Waals surface area contributed by atoms with Gasteiger partial charge in [-0.1, -0.05) is 12.1 Å². The maximum Gasteiger partial charge on any atom is 0.277 e. The van der Waals surface area contributed by atoms with E-state index < -0.39 is 0 Å². The molecule has 0 atom stereocenters. The van der Waals surface area contributed by atoms with Crippen LogP contribution >= 0.6 is 23.1 Å². The summed E-state index contributed by atoms with van der Waals surface area (Å²) in [6.45, 7) is 2.71. The van der Waals surface area contributed by atoms with Crippen LogP contribution in [-0.4, -0.2) is 27.4 Å². The van der Waals surface area contributed by atoms with Crippen molar-refractivity contribution in [2.45, 2.75) is 19.1 Å². The first-order valence-corrected chi connectivity index (χ1v) is 7.42. The zero-order valence-corrected chi connectivity index (χ0v) is 11.2. The lowest BCUT2D eigenvalue weighted by Crippen LogP contribution is -2.01. The molecule has 2 aromatic heterocycles. The molecule has 0 aliphatic heterocycles. The van der Waals surface area contributed by atoms with E-state index in [0.29, 0.717) is 12.4 Å². The van der Waals surface area contributed by atoms with Crippen LogP contribution in [0.1, 0.15) is 17.8 Å². The van der Waals surface area contributed by atoms with Crippen molar-refractivity contribution in [2.24, 2.45) is 5.73 Å². The summed E-state index contributed by atoms with van der Waals surface area (Å²) in [7, 11) is 0. The van der Waals surface area contributed by atoms with E-state index in [9.17, 15) is 0 Å². The highest BCUT2D eigenvalue weighted by molar-refractivity contribution is 7.98. The molecule has 0 aliphatic carbocycles. The van der Waals surface area contributed by atoms with Crippen LogP contribution in [0, 0.1) is 0 Å². The third kappa shape index (κ3) is 3.27. The van der Waals surface area contributed by atoms with Gasteiger partial charge in [-0.15, -0.1) is 11.3 Å². The number of nitrogens with two attached hydrogens (primary N) is 1. The molecule has 0 fully saturated rings. The predicted molar refractivity (Wildman–Crippen MR) is 70.0 cm³/mol. The second kappa shape index (κ2) is 6.13. The van der Waals surface area contributed by atoms with Gasteiger partial charge in [-0.2, -0.15) is 16.7 Å². The highest BCUT2D eigenvalue weighted by Gasteiger charge is 2.12. The Balaban J connectivity index is 2.07. The molecule has 2 heterocycles. The number of aromatic nitrogens is 3. The van der Waals surface area contributed by atoms with E-state index >= 15 is 0 Å². The van der Waals surface area contributed by atoms with E-state index in [1.54, 1.807) is 23.1 Å². The lowest BCUT2D eigenvalue weighted by Gasteiger charge is -1.88. The molecule has 0 bridgehead atoms. The van der Waals surface area contributed by atoms with Crippen LogP contribution in [0.3, 0.4) is 0 Å². The molecule has 0 unspecified atom stereocenters. The second-order valence-electron chi connectivity index (χ2n) is 3.32. The third-order valence-electron chi connectivity index (χ3n) is 2.03. The minimum Gasteiger partial charge on any atom is -0.332 e. The van der Waals surface area contributed by atoms with Crippen molar-refractivity contribution < 1.29 is 4.52 Å². The van der Waals surface area contributed by atoms with Gasteiger partial charge in [0.05, 0.1) is 10.8 Å². The molecule has 2 aromatic rings. The van der Waals surface area contributed by atoms with Gasteiger partial charge in [0.2, 0.25) is 0 Å². The van der Waals surface area contributed by atoms with E-state index in [1.807, 2.05) is 5.38 Å². The number of rotatable bonds is 6. The van der Waals surface area contributed by atoms with Crippen molar-refractivity contribution >= 4 is 23.1 Å². The van der Waals surface area contributed by atoms with Crippen molar-refractivity contribution in [2.75, 3.05) is 12.3 Å². The normalized spacial score (nSPS) is 10.9. The number of thioether (sulfide) groups is 1. The smallest absolute Gasteiger partial charge is 0.277 e. The third-order valence-corrected chi connectivity index (χ3v) is 3.81. The fourth-order valence-electron chi connectivity index (χ4n) is 1.26. The van der Waals surface area contributed by atoms with Crippen LogP contribution in [0.15, 0.2) is 9.90 Å². The maximum absolute atomic E-state index is 5.48. The van der Waals surface area contributed by atoms with Gasteiger partial charge in [-0.3, -0.25) is 0 Å². The molecule has 5 nitrogen and oxygen atoms in total. The van der Waals surface area contributed by atoms with Gasteiger partial charge in [-0.25, -0.2) is 4.98 Å². The fraction of sp³-hybridized carbons (Fsp3) is 0.500. The van der Waals surface area contributed by atoms with E-state index in [2.05, 4.69) is 22.0 Å². The quantitative estimate of drug-likeness (QED) is 0.864. The summed E-state index contributed by atoms with van der Waals surface area (Å²) >= 11 is 3.34. The molecule has 0 radical (unpaired) electrons. The topological polar surface area (TPSA) is 77.8 Å². The van der Waals surface area contributed by atoms with Gasteiger partial charge >= 0.3 is 0 Å². The summed E-state index contributed by atoms with van der Waals surface area (Å²) in [5.74, 6) is 3.04. The van der Waals surface area contributed by atoms with Gasteiger partial charge in [0.1, 0.15) is 5.69 Å². The zero-order chi connectivity index (χ0) is 12.1. The second-order valence-corrected chi connectivity index (χ2v) is 5.53. The number of hydrogen-bond acceptors (Lipinski definition) is 7.